The third-order valence-corrected chi connectivity index (χ3v) is 5.94. The van der Waals surface area contributed by atoms with Crippen LogP contribution in [0, 0.1) is 17.6 Å². The van der Waals surface area contributed by atoms with Crippen LogP contribution in [0.15, 0.2) is 36.6 Å². The Hall–Kier alpha value is -2.73. The zero-order valence-electron chi connectivity index (χ0n) is 18.0. The number of nitrogens with one attached hydrogen (secondary N) is 1. The number of amides is 2. The molecule has 1 fully saturated rings. The second-order valence-electron chi connectivity index (χ2n) is 7.59. The van der Waals surface area contributed by atoms with E-state index < -0.39 is 75.6 Å². The zero-order valence-corrected chi connectivity index (χ0v) is 19.0. The van der Waals surface area contributed by atoms with Crippen LogP contribution in [0.25, 0.3) is 0 Å². The first-order valence-electron chi connectivity index (χ1n) is 9.66. The Morgan fingerprint density at radius 1 is 1.31 bits per heavy atom. The predicted molar refractivity (Wildman–Crippen MR) is 105 cm³/mol. The number of carbonyl (C=O) groups excluding carboxylic acids is 2. The van der Waals surface area contributed by atoms with E-state index in [0.717, 1.165) is 25.1 Å². The van der Waals surface area contributed by atoms with Gasteiger partial charge >= 0.3 is 202 Å². The average Bonchev–Trinajstić information content (AvgIpc) is 3.02. The van der Waals surface area contributed by atoms with Crippen LogP contribution in [0.5, 0.6) is 5.75 Å². The molecule has 0 unspecified atom stereocenters. The molecular formula is C21H19F7N2NiO4. The van der Waals surface area contributed by atoms with Gasteiger partial charge in [-0.2, -0.15) is 0 Å². The maximum absolute atomic E-state index is 14.4. The first-order valence-corrected chi connectivity index (χ1v) is 10.2. The van der Waals surface area contributed by atoms with Crippen molar-refractivity contribution in [3.63, 3.8) is 0 Å². The number of hydrogen-bond donors (Lipinski definition) is 2. The van der Waals surface area contributed by atoms with E-state index in [9.17, 15) is 40.3 Å². The van der Waals surface area contributed by atoms with Crippen molar-refractivity contribution in [3.8, 4) is 5.75 Å². The molecule has 0 spiro atoms. The third-order valence-electron chi connectivity index (χ3n) is 5.55. The second kappa shape index (κ2) is 10.5. The van der Waals surface area contributed by atoms with Crippen LogP contribution in [0.2, 0.25) is 0 Å². The summed E-state index contributed by atoms with van der Waals surface area (Å²) >= 11 is 4.36. The summed E-state index contributed by atoms with van der Waals surface area (Å²) in [6, 6.07) is 1.23. The van der Waals surface area contributed by atoms with Crippen LogP contribution in [-0.2, 0) is 29.4 Å². The molecule has 14 heteroatoms. The van der Waals surface area contributed by atoms with Gasteiger partial charge in [0.15, 0.2) is 0 Å². The van der Waals surface area contributed by atoms with E-state index in [0.29, 0.717) is 13.0 Å². The Balaban J connectivity index is 2.64. The molecule has 4 atom stereocenters. The van der Waals surface area contributed by atoms with Gasteiger partial charge in [0.1, 0.15) is 0 Å². The van der Waals surface area contributed by atoms with Gasteiger partial charge < -0.3 is 0 Å². The third kappa shape index (κ3) is 5.75. The van der Waals surface area contributed by atoms with Gasteiger partial charge in [0.05, 0.1) is 0 Å². The number of allylic oxidation sites excluding steroid dienone is 1. The molecule has 1 heterocycles. The van der Waals surface area contributed by atoms with Crippen LogP contribution >= 0.6 is 0 Å². The summed E-state index contributed by atoms with van der Waals surface area (Å²) in [6.45, 7) is 1.35. The number of hydrogen-bond acceptors (Lipinski definition) is 4. The van der Waals surface area contributed by atoms with Crippen LogP contribution < -0.4 is 15.8 Å². The van der Waals surface area contributed by atoms with Gasteiger partial charge in [-0.25, -0.2) is 0 Å². The fraction of sp³-hybridized carbons (Fsp3) is 0.381. The van der Waals surface area contributed by atoms with Crippen molar-refractivity contribution in [3.05, 3.63) is 53.8 Å². The molecule has 35 heavy (non-hydrogen) atoms. The van der Waals surface area contributed by atoms with E-state index in [1.54, 1.807) is 0 Å². The van der Waals surface area contributed by atoms with Gasteiger partial charge in [0.2, 0.25) is 0 Å². The number of benzene rings is 1. The number of carbonyl (C=O) groups is 2. The zero-order chi connectivity index (χ0) is 26.9. The van der Waals surface area contributed by atoms with Crippen molar-refractivity contribution >= 4 is 16.3 Å². The number of primary amides is 1. The normalized spacial score (nSPS) is 24.9. The molecule has 0 bridgehead atoms. The van der Waals surface area contributed by atoms with Gasteiger partial charge in [0, 0.05) is 0 Å². The number of nitrogens with two attached hydrogens (primary N) is 1. The molecule has 196 valence electrons. The van der Waals surface area contributed by atoms with Crippen LogP contribution in [-0.4, -0.2) is 40.8 Å². The minimum atomic E-state index is -5.06. The summed E-state index contributed by atoms with van der Waals surface area (Å²) < 4.78 is 105. The molecule has 2 rings (SSSR count). The van der Waals surface area contributed by atoms with Crippen molar-refractivity contribution < 1.29 is 64.8 Å². The van der Waals surface area contributed by atoms with Crippen LogP contribution in [0.3, 0.4) is 0 Å². The number of halogens is 7. The standard InChI is InChI=1S/C21H19F7N2O4.Ni/c1-4-10(5-8-13(29)31)30-18(32)17-14(9(2)20(3,34-17)21(26,27)28)11-6-7-12(22)15(23)16(11)33-19(24)25;/h4-7,9,14,17,19H,1H2,2-3H3,(H2,29,31)(H,30,32);/b10-5+;/t9-,14+,17-,20-;/m1./s1. The van der Waals surface area contributed by atoms with E-state index in [1.165, 1.54) is 0 Å². The van der Waals surface area contributed by atoms with Crippen molar-refractivity contribution in [2.75, 3.05) is 0 Å². The van der Waals surface area contributed by atoms with Crippen LogP contribution in [0.1, 0.15) is 25.3 Å². The Kier molecular flexibility index (Phi) is 8.54. The van der Waals surface area contributed by atoms with Crippen molar-refractivity contribution in [1.82, 2.24) is 5.32 Å². The minimum absolute atomic E-state index is 0.236. The van der Waals surface area contributed by atoms with Crippen molar-refractivity contribution in [2.24, 2.45) is 11.7 Å². The molecule has 1 saturated heterocycles. The maximum atomic E-state index is 14.4. The number of alkyl halides is 5. The van der Waals surface area contributed by atoms with Gasteiger partial charge in [-0.1, -0.05) is 0 Å². The van der Waals surface area contributed by atoms with E-state index in [1.807, 2.05) is 0 Å². The molecular weight excluding hydrogens is 536 g/mol. The SMILES string of the molecule is C=C/C(=C\[C](=[Ni])C(N)=O)NC(=O)[C@@H]1O[C@@](C)(C(F)(F)F)[C@H](C)[C@H]1c1ccc(F)c(F)c1OC(F)F. The van der Waals surface area contributed by atoms with Gasteiger partial charge in [0.25, 0.3) is 0 Å². The van der Waals surface area contributed by atoms with Gasteiger partial charge in [-0.05, 0) is 0 Å². The Labute approximate surface area is 202 Å². The molecule has 0 radical (unpaired) electrons. The van der Waals surface area contributed by atoms with Gasteiger partial charge in [-0.3, -0.25) is 0 Å². The number of ether oxygens (including phenoxy) is 2. The molecule has 6 nitrogen and oxygen atoms in total. The van der Waals surface area contributed by atoms with E-state index in [-0.39, 0.29) is 5.70 Å². The predicted octanol–water partition coefficient (Wildman–Crippen LogP) is 3.40. The molecule has 0 saturated carbocycles. The molecule has 0 aliphatic carbocycles. The van der Waals surface area contributed by atoms with E-state index >= 15 is 0 Å². The second-order valence-corrected chi connectivity index (χ2v) is 8.12. The van der Waals surface area contributed by atoms with E-state index in [2.05, 4.69) is 31.7 Å². The fourth-order valence-electron chi connectivity index (χ4n) is 3.60. The molecule has 1 aromatic carbocycles. The first-order chi connectivity index (χ1) is 16.0. The topological polar surface area (TPSA) is 90.7 Å². The van der Waals surface area contributed by atoms with Gasteiger partial charge in [-0.15, -0.1) is 0 Å². The summed E-state index contributed by atoms with van der Waals surface area (Å²) in [5, 5.41) is 2.16. The van der Waals surface area contributed by atoms with Crippen molar-refractivity contribution in [1.29, 1.82) is 0 Å². The summed E-state index contributed by atoms with van der Waals surface area (Å²) in [4.78, 5) is 24.2. The molecule has 2 amide bonds. The molecule has 1 aliphatic heterocycles. The van der Waals surface area contributed by atoms with E-state index in [4.69, 9.17) is 10.5 Å². The Morgan fingerprint density at radius 3 is 2.40 bits per heavy atom. The first kappa shape index (κ1) is 28.5. The average molecular weight is 555 g/mol. The number of rotatable bonds is 8. The van der Waals surface area contributed by atoms with Crippen molar-refractivity contribution in [2.45, 2.75) is 44.3 Å². The Morgan fingerprint density at radius 2 is 1.91 bits per heavy atom. The molecule has 3 N–H and O–H groups in total. The summed E-state index contributed by atoms with van der Waals surface area (Å²) in [6.07, 6.45) is -5.20. The quantitative estimate of drug-likeness (QED) is 0.293. The summed E-state index contributed by atoms with van der Waals surface area (Å²) in [5.74, 6) is -10.5. The molecule has 1 aliphatic rings. The molecule has 0 aromatic heterocycles. The van der Waals surface area contributed by atoms with Crippen LogP contribution in [0.4, 0.5) is 30.7 Å². The summed E-state index contributed by atoms with van der Waals surface area (Å²) in [5.41, 5.74) is 1.13. The monoisotopic (exact) mass is 554 g/mol. The summed E-state index contributed by atoms with van der Waals surface area (Å²) in [7, 11) is 0. The molecule has 1 aromatic rings. The fourth-order valence-corrected chi connectivity index (χ4v) is 3.75. The Bertz CT molecular complexity index is 1080.